The van der Waals surface area contributed by atoms with Crippen LogP contribution in [0, 0.1) is 5.92 Å². The Balaban J connectivity index is 0.00000208. The molecule has 6 nitrogen and oxygen atoms in total. The number of fused-ring (bicyclic) bond motifs is 1. The largest absolute Gasteiger partial charge is 0.354 e. The minimum absolute atomic E-state index is 0. The Labute approximate surface area is 154 Å². The van der Waals surface area contributed by atoms with Crippen LogP contribution in [-0.4, -0.2) is 35.1 Å². The van der Waals surface area contributed by atoms with Crippen LogP contribution in [0.1, 0.15) is 12.8 Å². The third-order valence-electron chi connectivity index (χ3n) is 4.09. The molecule has 0 bridgehead atoms. The first kappa shape index (κ1) is 18.9. The summed E-state index contributed by atoms with van der Waals surface area (Å²) in [7, 11) is 0. The van der Waals surface area contributed by atoms with Gasteiger partial charge in [0.1, 0.15) is 6.54 Å². The van der Waals surface area contributed by atoms with Gasteiger partial charge in [-0.1, -0.05) is 15.9 Å². The van der Waals surface area contributed by atoms with E-state index in [9.17, 15) is 9.59 Å². The number of aromatic nitrogens is 2. The number of piperidine rings is 1. The van der Waals surface area contributed by atoms with Crippen LogP contribution in [0.25, 0.3) is 10.9 Å². The molecule has 1 amide bonds. The molecule has 2 N–H and O–H groups in total. The van der Waals surface area contributed by atoms with Gasteiger partial charge in [-0.15, -0.1) is 12.4 Å². The number of hydrogen-bond acceptors (Lipinski definition) is 4. The summed E-state index contributed by atoms with van der Waals surface area (Å²) in [4.78, 5) is 28.8. The van der Waals surface area contributed by atoms with E-state index in [-0.39, 0.29) is 30.4 Å². The molecular formula is C16H20BrClN4O2. The fraction of sp³-hybridized carbons (Fsp3) is 0.438. The molecule has 1 aliphatic rings. The van der Waals surface area contributed by atoms with Crippen molar-refractivity contribution >= 4 is 45.1 Å². The number of carbonyl (C=O) groups is 1. The molecule has 2 heterocycles. The van der Waals surface area contributed by atoms with Gasteiger partial charge in [0.15, 0.2) is 0 Å². The molecule has 1 atom stereocenters. The average Bonchev–Trinajstić information content (AvgIpc) is 2.57. The van der Waals surface area contributed by atoms with Crippen LogP contribution in [0.2, 0.25) is 0 Å². The lowest BCUT2D eigenvalue weighted by atomic mass is 10.00. The molecule has 1 saturated heterocycles. The third kappa shape index (κ3) is 4.55. The fourth-order valence-corrected chi connectivity index (χ4v) is 3.17. The highest BCUT2D eigenvalue weighted by molar-refractivity contribution is 9.10. The molecule has 0 saturated carbocycles. The van der Waals surface area contributed by atoms with Gasteiger partial charge in [0.05, 0.1) is 17.2 Å². The van der Waals surface area contributed by atoms with E-state index in [0.29, 0.717) is 23.4 Å². The van der Waals surface area contributed by atoms with Crippen LogP contribution in [0.4, 0.5) is 0 Å². The molecule has 0 aliphatic carbocycles. The topological polar surface area (TPSA) is 76.0 Å². The summed E-state index contributed by atoms with van der Waals surface area (Å²) >= 11 is 3.35. The smallest absolute Gasteiger partial charge is 0.261 e. The lowest BCUT2D eigenvalue weighted by Crippen LogP contribution is -2.40. The van der Waals surface area contributed by atoms with Gasteiger partial charge in [0.2, 0.25) is 5.91 Å². The highest BCUT2D eigenvalue weighted by Gasteiger charge is 2.14. The number of hydrogen-bond donors (Lipinski definition) is 2. The zero-order valence-electron chi connectivity index (χ0n) is 13.1. The summed E-state index contributed by atoms with van der Waals surface area (Å²) in [6.45, 7) is 2.63. The normalized spacial score (nSPS) is 17.3. The van der Waals surface area contributed by atoms with E-state index >= 15 is 0 Å². The summed E-state index contributed by atoms with van der Waals surface area (Å²) in [5.74, 6) is 0.309. The van der Waals surface area contributed by atoms with Gasteiger partial charge in [-0.2, -0.15) is 0 Å². The van der Waals surface area contributed by atoms with Gasteiger partial charge in [-0.05, 0) is 50.0 Å². The SMILES string of the molecule is Cl.O=C(Cn1cnc2ccc(Br)cc2c1=O)NCC1CCCNC1. The fourth-order valence-electron chi connectivity index (χ4n) is 2.81. The molecule has 2 aromatic rings. The molecule has 8 heteroatoms. The maximum atomic E-state index is 12.4. The van der Waals surface area contributed by atoms with Gasteiger partial charge in [-0.3, -0.25) is 14.2 Å². The Kier molecular flexibility index (Phi) is 6.77. The van der Waals surface area contributed by atoms with E-state index in [1.54, 1.807) is 12.1 Å². The molecule has 0 radical (unpaired) electrons. The van der Waals surface area contributed by atoms with E-state index in [1.807, 2.05) is 6.07 Å². The monoisotopic (exact) mass is 414 g/mol. The lowest BCUT2D eigenvalue weighted by Gasteiger charge is -2.22. The third-order valence-corrected chi connectivity index (χ3v) is 4.58. The molecule has 1 aromatic heterocycles. The van der Waals surface area contributed by atoms with E-state index in [0.717, 1.165) is 30.4 Å². The van der Waals surface area contributed by atoms with Crippen molar-refractivity contribution in [2.75, 3.05) is 19.6 Å². The predicted molar refractivity (Wildman–Crippen MR) is 99.6 cm³/mol. The van der Waals surface area contributed by atoms with Crippen molar-refractivity contribution < 1.29 is 4.79 Å². The van der Waals surface area contributed by atoms with Crippen molar-refractivity contribution in [3.05, 3.63) is 39.4 Å². The maximum absolute atomic E-state index is 12.4. The molecule has 130 valence electrons. The molecule has 1 aromatic carbocycles. The summed E-state index contributed by atoms with van der Waals surface area (Å²) in [6, 6.07) is 5.35. The summed E-state index contributed by atoms with van der Waals surface area (Å²) < 4.78 is 2.17. The lowest BCUT2D eigenvalue weighted by molar-refractivity contribution is -0.121. The highest BCUT2D eigenvalue weighted by Crippen LogP contribution is 2.14. The van der Waals surface area contributed by atoms with Gasteiger partial charge >= 0.3 is 0 Å². The number of halogens is 2. The van der Waals surface area contributed by atoms with E-state index < -0.39 is 0 Å². The Morgan fingerprint density at radius 3 is 3.04 bits per heavy atom. The molecule has 1 fully saturated rings. The number of benzene rings is 1. The zero-order chi connectivity index (χ0) is 16.2. The molecule has 0 spiro atoms. The van der Waals surface area contributed by atoms with Gasteiger partial charge in [0, 0.05) is 11.0 Å². The minimum atomic E-state index is -0.203. The predicted octanol–water partition coefficient (Wildman–Crippen LogP) is 1.70. The maximum Gasteiger partial charge on any atom is 0.261 e. The second kappa shape index (κ2) is 8.60. The van der Waals surface area contributed by atoms with Crippen LogP contribution >= 0.6 is 28.3 Å². The number of amides is 1. The quantitative estimate of drug-likeness (QED) is 0.797. The second-order valence-corrected chi connectivity index (χ2v) is 6.77. The Morgan fingerprint density at radius 2 is 2.29 bits per heavy atom. The van der Waals surface area contributed by atoms with Crippen molar-refractivity contribution in [3.63, 3.8) is 0 Å². The Bertz CT molecular complexity index is 774. The van der Waals surface area contributed by atoms with Crippen molar-refractivity contribution in [2.45, 2.75) is 19.4 Å². The number of rotatable bonds is 4. The van der Waals surface area contributed by atoms with Crippen LogP contribution in [-0.2, 0) is 11.3 Å². The Morgan fingerprint density at radius 1 is 1.46 bits per heavy atom. The second-order valence-electron chi connectivity index (χ2n) is 5.86. The minimum Gasteiger partial charge on any atom is -0.354 e. The van der Waals surface area contributed by atoms with Crippen LogP contribution in [0.3, 0.4) is 0 Å². The summed E-state index contributed by atoms with van der Waals surface area (Å²) in [5.41, 5.74) is 0.425. The molecule has 3 rings (SSSR count). The average molecular weight is 416 g/mol. The number of nitrogens with zero attached hydrogens (tertiary/aromatic N) is 2. The van der Waals surface area contributed by atoms with Crippen molar-refractivity contribution in [3.8, 4) is 0 Å². The molecule has 1 aliphatic heterocycles. The summed E-state index contributed by atoms with van der Waals surface area (Å²) in [6.07, 6.45) is 3.70. The standard InChI is InChI=1S/C16H19BrN4O2.ClH/c17-12-3-4-14-13(6-12)16(23)21(10-20-14)9-15(22)19-8-11-2-1-5-18-7-11;/h3-4,6,10-11,18H,1-2,5,7-9H2,(H,19,22);1H. The molecule has 24 heavy (non-hydrogen) atoms. The van der Waals surface area contributed by atoms with Crippen LogP contribution in [0.5, 0.6) is 0 Å². The van der Waals surface area contributed by atoms with E-state index in [4.69, 9.17) is 0 Å². The number of carbonyl (C=O) groups excluding carboxylic acids is 1. The van der Waals surface area contributed by atoms with Gasteiger partial charge in [-0.25, -0.2) is 4.98 Å². The van der Waals surface area contributed by atoms with E-state index in [1.165, 1.54) is 10.9 Å². The first-order chi connectivity index (χ1) is 11.1. The van der Waals surface area contributed by atoms with Gasteiger partial charge < -0.3 is 10.6 Å². The molecular weight excluding hydrogens is 396 g/mol. The van der Waals surface area contributed by atoms with Gasteiger partial charge in [0.25, 0.3) is 5.56 Å². The zero-order valence-corrected chi connectivity index (χ0v) is 15.5. The Hall–Kier alpha value is -1.44. The van der Waals surface area contributed by atoms with Crippen LogP contribution in [0.15, 0.2) is 33.8 Å². The number of nitrogens with one attached hydrogen (secondary N) is 2. The van der Waals surface area contributed by atoms with Crippen molar-refractivity contribution in [2.24, 2.45) is 5.92 Å². The van der Waals surface area contributed by atoms with Crippen molar-refractivity contribution in [1.29, 1.82) is 0 Å². The van der Waals surface area contributed by atoms with Crippen molar-refractivity contribution in [1.82, 2.24) is 20.2 Å². The first-order valence-electron chi connectivity index (χ1n) is 7.75. The van der Waals surface area contributed by atoms with E-state index in [2.05, 4.69) is 31.5 Å². The highest BCUT2D eigenvalue weighted by atomic mass is 79.9. The first-order valence-corrected chi connectivity index (χ1v) is 8.55. The van der Waals surface area contributed by atoms with Crippen LogP contribution < -0.4 is 16.2 Å². The summed E-state index contributed by atoms with van der Waals surface area (Å²) in [5, 5.41) is 6.74. The molecule has 1 unspecified atom stereocenters.